The van der Waals surface area contributed by atoms with Crippen molar-refractivity contribution in [1.29, 1.82) is 0 Å². The number of amidine groups is 1. The summed E-state index contributed by atoms with van der Waals surface area (Å²) in [6.07, 6.45) is 15.1. The second-order valence-electron chi connectivity index (χ2n) is 5.76. The first-order valence-electron chi connectivity index (χ1n) is 8.27. The van der Waals surface area contributed by atoms with Gasteiger partial charge in [-0.05, 0) is 6.42 Å². The number of aliphatic hydroxyl groups excluding tert-OH is 1. The van der Waals surface area contributed by atoms with E-state index in [4.69, 9.17) is 5.11 Å². The maximum Gasteiger partial charge on any atom is 0.123 e. The molecule has 0 aromatic rings. The topological polar surface area (TPSA) is 44.6 Å². The highest BCUT2D eigenvalue weighted by Gasteiger charge is 2.15. The van der Waals surface area contributed by atoms with E-state index >= 15 is 0 Å². The van der Waals surface area contributed by atoms with Crippen molar-refractivity contribution in [3.8, 4) is 0 Å². The third-order valence-electron chi connectivity index (χ3n) is 3.93. The molecule has 1 atom stereocenters. The third kappa shape index (κ3) is 8.25. The summed E-state index contributed by atoms with van der Waals surface area (Å²) in [5.74, 6) is 0.775. The summed E-state index contributed by atoms with van der Waals surface area (Å²) in [7, 11) is 0. The van der Waals surface area contributed by atoms with Crippen LogP contribution >= 0.6 is 0 Å². The summed E-state index contributed by atoms with van der Waals surface area (Å²) in [5, 5.41) is 12.2. The first kappa shape index (κ1) is 16.5. The summed E-state index contributed by atoms with van der Waals surface area (Å²) in [6.45, 7) is 3.19. The molecule has 0 spiro atoms. The number of nitrogens with zero attached hydrogens (tertiary/aromatic N) is 1. The van der Waals surface area contributed by atoms with Crippen LogP contribution in [0.3, 0.4) is 0 Å². The molecule has 2 N–H and O–H groups in total. The number of nitrogens with one attached hydrogen (secondary N) is 1. The SMILES string of the molecule is CCCCCCCCCCCCC1CN=C(CO)N1. The molecule has 112 valence electrons. The lowest BCUT2D eigenvalue weighted by molar-refractivity contribution is 0.353. The molecule has 0 aromatic heterocycles. The van der Waals surface area contributed by atoms with E-state index in [2.05, 4.69) is 17.2 Å². The highest BCUT2D eigenvalue weighted by atomic mass is 16.3. The van der Waals surface area contributed by atoms with Crippen LogP contribution in [0.5, 0.6) is 0 Å². The molecular weight excluding hydrogens is 236 g/mol. The van der Waals surface area contributed by atoms with Gasteiger partial charge in [0, 0.05) is 6.04 Å². The van der Waals surface area contributed by atoms with Crippen LogP contribution in [-0.2, 0) is 0 Å². The van der Waals surface area contributed by atoms with Gasteiger partial charge in [0.25, 0.3) is 0 Å². The fourth-order valence-corrected chi connectivity index (χ4v) is 2.68. The zero-order valence-corrected chi connectivity index (χ0v) is 12.7. The molecular formula is C16H32N2O. The Morgan fingerprint density at radius 2 is 1.58 bits per heavy atom. The Hall–Kier alpha value is -0.570. The lowest BCUT2D eigenvalue weighted by Gasteiger charge is -2.10. The monoisotopic (exact) mass is 268 g/mol. The highest BCUT2D eigenvalue weighted by Crippen LogP contribution is 2.13. The molecule has 0 aliphatic carbocycles. The van der Waals surface area contributed by atoms with E-state index in [1.807, 2.05) is 0 Å². The molecule has 19 heavy (non-hydrogen) atoms. The zero-order chi connectivity index (χ0) is 13.8. The van der Waals surface area contributed by atoms with E-state index in [0.717, 1.165) is 12.4 Å². The average Bonchev–Trinajstić information content (AvgIpc) is 2.89. The van der Waals surface area contributed by atoms with Crippen LogP contribution in [0.15, 0.2) is 4.99 Å². The molecule has 0 saturated heterocycles. The molecule has 0 aromatic carbocycles. The summed E-state index contributed by atoms with van der Waals surface area (Å²) >= 11 is 0. The van der Waals surface area contributed by atoms with Gasteiger partial charge >= 0.3 is 0 Å². The average molecular weight is 268 g/mol. The van der Waals surface area contributed by atoms with Crippen molar-refractivity contribution in [2.75, 3.05) is 13.2 Å². The Morgan fingerprint density at radius 3 is 2.11 bits per heavy atom. The standard InChI is InChI=1S/C16H32N2O/c1-2-3-4-5-6-7-8-9-10-11-12-15-13-17-16(14-19)18-15/h15,19H,2-14H2,1H3,(H,17,18). The lowest BCUT2D eigenvalue weighted by Crippen LogP contribution is -2.31. The number of hydrogen-bond donors (Lipinski definition) is 2. The molecule has 1 aliphatic heterocycles. The fraction of sp³-hybridized carbons (Fsp3) is 0.938. The van der Waals surface area contributed by atoms with Gasteiger partial charge in [0.2, 0.25) is 0 Å². The van der Waals surface area contributed by atoms with E-state index in [-0.39, 0.29) is 6.61 Å². The van der Waals surface area contributed by atoms with Gasteiger partial charge in [-0.1, -0.05) is 71.1 Å². The van der Waals surface area contributed by atoms with Crippen LogP contribution in [0.4, 0.5) is 0 Å². The van der Waals surface area contributed by atoms with Gasteiger partial charge in [-0.15, -0.1) is 0 Å². The van der Waals surface area contributed by atoms with Crippen molar-refractivity contribution < 1.29 is 5.11 Å². The smallest absolute Gasteiger partial charge is 0.123 e. The van der Waals surface area contributed by atoms with E-state index in [1.54, 1.807) is 0 Å². The molecule has 0 fully saturated rings. The van der Waals surface area contributed by atoms with Gasteiger partial charge in [-0.3, -0.25) is 4.99 Å². The molecule has 1 heterocycles. The molecule has 1 aliphatic rings. The van der Waals surface area contributed by atoms with Crippen molar-refractivity contribution in [3.05, 3.63) is 0 Å². The van der Waals surface area contributed by atoms with Crippen LogP contribution < -0.4 is 5.32 Å². The molecule has 3 heteroatoms. The predicted molar refractivity (Wildman–Crippen MR) is 82.8 cm³/mol. The van der Waals surface area contributed by atoms with E-state index in [9.17, 15) is 0 Å². The number of aliphatic hydroxyl groups is 1. The normalized spacial score (nSPS) is 18.4. The van der Waals surface area contributed by atoms with Crippen molar-refractivity contribution in [3.63, 3.8) is 0 Å². The van der Waals surface area contributed by atoms with Crippen LogP contribution in [0, 0.1) is 0 Å². The van der Waals surface area contributed by atoms with Crippen LogP contribution in [0.1, 0.15) is 77.6 Å². The summed E-state index contributed by atoms with van der Waals surface area (Å²) < 4.78 is 0. The summed E-state index contributed by atoms with van der Waals surface area (Å²) in [6, 6.07) is 0.483. The van der Waals surface area contributed by atoms with Crippen molar-refractivity contribution in [2.24, 2.45) is 4.99 Å². The number of aliphatic imine (C=N–C) groups is 1. The molecule has 0 radical (unpaired) electrons. The maximum atomic E-state index is 8.94. The third-order valence-corrected chi connectivity index (χ3v) is 3.93. The Bertz CT molecular complexity index is 241. The first-order valence-corrected chi connectivity index (χ1v) is 8.27. The van der Waals surface area contributed by atoms with Gasteiger partial charge in [0.15, 0.2) is 0 Å². The summed E-state index contributed by atoms with van der Waals surface area (Å²) in [4.78, 5) is 4.26. The molecule has 0 amide bonds. The number of hydrogen-bond acceptors (Lipinski definition) is 3. The van der Waals surface area contributed by atoms with Gasteiger partial charge in [0.05, 0.1) is 6.54 Å². The molecule has 1 unspecified atom stereocenters. The van der Waals surface area contributed by atoms with E-state index in [0.29, 0.717) is 6.04 Å². The molecule has 0 bridgehead atoms. The van der Waals surface area contributed by atoms with Crippen molar-refractivity contribution in [1.82, 2.24) is 5.32 Å². The second-order valence-corrected chi connectivity index (χ2v) is 5.76. The fourth-order valence-electron chi connectivity index (χ4n) is 2.68. The van der Waals surface area contributed by atoms with E-state index < -0.39 is 0 Å². The summed E-state index contributed by atoms with van der Waals surface area (Å²) in [5.41, 5.74) is 0. The van der Waals surface area contributed by atoms with Crippen molar-refractivity contribution >= 4 is 5.84 Å². The Morgan fingerprint density at radius 1 is 1.00 bits per heavy atom. The minimum absolute atomic E-state index is 0.0640. The molecule has 3 nitrogen and oxygen atoms in total. The van der Waals surface area contributed by atoms with Gasteiger partial charge in [0.1, 0.15) is 12.4 Å². The quantitative estimate of drug-likeness (QED) is 0.531. The second kappa shape index (κ2) is 11.3. The predicted octanol–water partition coefficient (Wildman–Crippen LogP) is 3.66. The van der Waals surface area contributed by atoms with Gasteiger partial charge in [-0.25, -0.2) is 0 Å². The largest absolute Gasteiger partial charge is 0.388 e. The van der Waals surface area contributed by atoms with Gasteiger partial charge < -0.3 is 10.4 Å². The maximum absolute atomic E-state index is 8.94. The molecule has 1 rings (SSSR count). The molecule has 0 saturated carbocycles. The Kier molecular flexibility index (Phi) is 9.78. The minimum atomic E-state index is 0.0640. The van der Waals surface area contributed by atoms with Crippen LogP contribution in [0.25, 0.3) is 0 Å². The zero-order valence-electron chi connectivity index (χ0n) is 12.7. The van der Waals surface area contributed by atoms with Crippen LogP contribution in [-0.4, -0.2) is 30.1 Å². The lowest BCUT2D eigenvalue weighted by atomic mass is 10.0. The van der Waals surface area contributed by atoms with Crippen LogP contribution in [0.2, 0.25) is 0 Å². The first-order chi connectivity index (χ1) is 9.36. The number of rotatable bonds is 12. The minimum Gasteiger partial charge on any atom is -0.388 e. The van der Waals surface area contributed by atoms with Crippen molar-refractivity contribution in [2.45, 2.75) is 83.6 Å². The van der Waals surface area contributed by atoms with Gasteiger partial charge in [-0.2, -0.15) is 0 Å². The highest BCUT2D eigenvalue weighted by molar-refractivity contribution is 5.84. The Labute approximate surface area is 118 Å². The Balaban J connectivity index is 1.77. The van der Waals surface area contributed by atoms with E-state index in [1.165, 1.54) is 70.6 Å². The number of unbranched alkanes of at least 4 members (excludes halogenated alkanes) is 9.